The molecule has 2 heterocycles. The molecule has 8 heteroatoms. The molecule has 0 saturated heterocycles. The normalized spacial score (nSPS) is 19.4. The number of halogens is 1. The monoisotopic (exact) mass is 386 g/mol. The van der Waals surface area contributed by atoms with Crippen LogP contribution < -0.4 is 5.73 Å². The summed E-state index contributed by atoms with van der Waals surface area (Å²) in [5.74, 6) is 0.369. The lowest BCUT2D eigenvalue weighted by molar-refractivity contribution is 0.0821. The molecular formula is C14H19BrN4O2S. The summed E-state index contributed by atoms with van der Waals surface area (Å²) in [5.41, 5.74) is 7.08. The zero-order chi connectivity index (χ0) is 15.9. The second-order valence-electron chi connectivity index (χ2n) is 5.74. The van der Waals surface area contributed by atoms with Crippen molar-refractivity contribution in [2.45, 2.75) is 43.2 Å². The number of anilines is 1. The first-order chi connectivity index (χ1) is 10.5. The molecule has 120 valence electrons. The summed E-state index contributed by atoms with van der Waals surface area (Å²) in [6, 6.07) is 0. The van der Waals surface area contributed by atoms with Crippen LogP contribution in [0.1, 0.15) is 43.8 Å². The number of nitrogens with zero attached hydrogens (tertiary/aromatic N) is 3. The van der Waals surface area contributed by atoms with Gasteiger partial charge in [-0.1, -0.05) is 19.3 Å². The van der Waals surface area contributed by atoms with Crippen molar-refractivity contribution < 1.29 is 9.32 Å². The lowest BCUT2D eigenvalue weighted by Gasteiger charge is -2.28. The van der Waals surface area contributed by atoms with E-state index in [4.69, 9.17) is 5.73 Å². The van der Waals surface area contributed by atoms with Gasteiger partial charge in [0.1, 0.15) is 10.8 Å². The van der Waals surface area contributed by atoms with E-state index in [1.165, 1.54) is 10.9 Å². The SMILES string of the molecule is CS(=O)c1c(C(O)C2CCCCC2)c(N)nc2c(Br)cnn12. The smallest absolute Gasteiger partial charge is 0.172 e. The predicted octanol–water partition coefficient (Wildman–Crippen LogP) is 2.43. The minimum Gasteiger partial charge on any atom is -0.388 e. The Kier molecular flexibility index (Phi) is 4.52. The molecule has 2 atom stereocenters. The van der Waals surface area contributed by atoms with Gasteiger partial charge in [-0.05, 0) is 34.7 Å². The number of aliphatic hydroxyl groups excluding tert-OH is 1. The summed E-state index contributed by atoms with van der Waals surface area (Å²) in [6.45, 7) is 0. The van der Waals surface area contributed by atoms with E-state index in [-0.39, 0.29) is 11.7 Å². The first-order valence-corrected chi connectivity index (χ1v) is 9.70. The Morgan fingerprint density at radius 3 is 2.77 bits per heavy atom. The molecule has 3 rings (SSSR count). The minimum atomic E-state index is -1.34. The van der Waals surface area contributed by atoms with Crippen LogP contribution in [0.2, 0.25) is 0 Å². The molecule has 1 fully saturated rings. The Morgan fingerprint density at radius 2 is 2.14 bits per heavy atom. The molecule has 2 unspecified atom stereocenters. The van der Waals surface area contributed by atoms with Gasteiger partial charge in [0.15, 0.2) is 5.65 Å². The number of rotatable bonds is 3. The number of aromatic nitrogens is 3. The van der Waals surface area contributed by atoms with Gasteiger partial charge in [0.05, 0.1) is 33.1 Å². The standard InChI is InChI=1S/C14H19BrN4O2S/c1-22(21)14-10(11(20)8-5-3-2-4-6-8)12(16)18-13-9(15)7-17-19(13)14/h7-8,11,20H,2-6H2,1H3,(H2,16,18). The molecule has 1 aliphatic rings. The first kappa shape index (κ1) is 15.9. The van der Waals surface area contributed by atoms with Crippen LogP contribution in [0.15, 0.2) is 15.7 Å². The largest absolute Gasteiger partial charge is 0.388 e. The number of hydrogen-bond acceptors (Lipinski definition) is 5. The number of hydrogen-bond donors (Lipinski definition) is 2. The topological polar surface area (TPSA) is 93.5 Å². The van der Waals surface area contributed by atoms with Crippen LogP contribution in [0.3, 0.4) is 0 Å². The van der Waals surface area contributed by atoms with Gasteiger partial charge in [0.2, 0.25) is 0 Å². The lowest BCUT2D eigenvalue weighted by Crippen LogP contribution is -2.21. The van der Waals surface area contributed by atoms with E-state index in [9.17, 15) is 9.32 Å². The summed E-state index contributed by atoms with van der Waals surface area (Å²) in [5, 5.41) is 15.5. The summed E-state index contributed by atoms with van der Waals surface area (Å²) in [6.07, 6.45) is 7.74. The highest BCUT2D eigenvalue weighted by Gasteiger charge is 2.30. The van der Waals surface area contributed by atoms with Crippen molar-refractivity contribution in [1.29, 1.82) is 0 Å². The molecule has 1 saturated carbocycles. The molecule has 3 N–H and O–H groups in total. The Morgan fingerprint density at radius 1 is 1.45 bits per heavy atom. The Bertz CT molecular complexity index is 727. The fraction of sp³-hybridized carbons (Fsp3) is 0.571. The van der Waals surface area contributed by atoms with Gasteiger partial charge in [0, 0.05) is 6.26 Å². The van der Waals surface area contributed by atoms with Crippen molar-refractivity contribution in [2.24, 2.45) is 5.92 Å². The van der Waals surface area contributed by atoms with Crippen molar-refractivity contribution in [3.8, 4) is 0 Å². The van der Waals surface area contributed by atoms with E-state index < -0.39 is 16.9 Å². The maximum Gasteiger partial charge on any atom is 0.172 e. The molecule has 2 aromatic heterocycles. The molecule has 6 nitrogen and oxygen atoms in total. The molecule has 22 heavy (non-hydrogen) atoms. The summed E-state index contributed by atoms with van der Waals surface area (Å²) in [4.78, 5) is 4.33. The van der Waals surface area contributed by atoms with Crippen LogP contribution in [0.25, 0.3) is 5.65 Å². The van der Waals surface area contributed by atoms with Crippen molar-refractivity contribution in [3.05, 3.63) is 16.2 Å². The number of nitrogens with two attached hydrogens (primary N) is 1. The second-order valence-corrected chi connectivity index (χ2v) is 7.89. The molecule has 0 bridgehead atoms. The molecule has 0 amide bonds. The molecular weight excluding hydrogens is 368 g/mol. The van der Waals surface area contributed by atoms with Gasteiger partial charge in [-0.15, -0.1) is 0 Å². The van der Waals surface area contributed by atoms with E-state index in [0.29, 0.717) is 20.7 Å². The Hall–Kier alpha value is -0.990. The summed E-state index contributed by atoms with van der Waals surface area (Å²) in [7, 11) is -1.34. The predicted molar refractivity (Wildman–Crippen MR) is 89.0 cm³/mol. The molecule has 1 aliphatic carbocycles. The van der Waals surface area contributed by atoms with Crippen molar-refractivity contribution in [2.75, 3.05) is 12.0 Å². The fourth-order valence-corrected chi connectivity index (χ4v) is 4.47. The quantitative estimate of drug-likeness (QED) is 0.789. The maximum absolute atomic E-state index is 12.3. The third-order valence-electron chi connectivity index (χ3n) is 4.29. The van der Waals surface area contributed by atoms with Gasteiger partial charge >= 0.3 is 0 Å². The number of aliphatic hydroxyl groups is 1. The van der Waals surface area contributed by atoms with Gasteiger partial charge in [-0.25, -0.2) is 9.50 Å². The van der Waals surface area contributed by atoms with E-state index in [1.54, 1.807) is 12.5 Å². The Labute approximate surface area is 139 Å². The third-order valence-corrected chi connectivity index (χ3v) is 5.79. The van der Waals surface area contributed by atoms with Crippen LogP contribution in [0.4, 0.5) is 5.82 Å². The van der Waals surface area contributed by atoms with Gasteiger partial charge in [-0.3, -0.25) is 4.21 Å². The highest BCUT2D eigenvalue weighted by Crippen LogP contribution is 2.38. The molecule has 0 radical (unpaired) electrons. The van der Waals surface area contributed by atoms with Crippen LogP contribution in [0, 0.1) is 5.92 Å². The van der Waals surface area contributed by atoms with Crippen molar-refractivity contribution in [1.82, 2.24) is 14.6 Å². The van der Waals surface area contributed by atoms with E-state index in [0.717, 1.165) is 25.7 Å². The Balaban J connectivity index is 2.17. The summed E-state index contributed by atoms with van der Waals surface area (Å²) >= 11 is 3.36. The zero-order valence-corrected chi connectivity index (χ0v) is 14.7. The van der Waals surface area contributed by atoms with E-state index >= 15 is 0 Å². The molecule has 0 aromatic carbocycles. The average molecular weight is 387 g/mol. The molecule has 2 aromatic rings. The maximum atomic E-state index is 12.3. The van der Waals surface area contributed by atoms with E-state index in [1.807, 2.05) is 0 Å². The summed E-state index contributed by atoms with van der Waals surface area (Å²) < 4.78 is 14.5. The van der Waals surface area contributed by atoms with Crippen molar-refractivity contribution >= 4 is 38.2 Å². The third kappa shape index (κ3) is 2.68. The average Bonchev–Trinajstić information content (AvgIpc) is 2.87. The zero-order valence-electron chi connectivity index (χ0n) is 12.3. The van der Waals surface area contributed by atoms with Crippen LogP contribution in [-0.4, -0.2) is 30.2 Å². The first-order valence-electron chi connectivity index (χ1n) is 7.34. The van der Waals surface area contributed by atoms with Gasteiger partial charge < -0.3 is 10.8 Å². The molecule has 0 spiro atoms. The van der Waals surface area contributed by atoms with Gasteiger partial charge in [0.25, 0.3) is 0 Å². The van der Waals surface area contributed by atoms with Crippen LogP contribution in [-0.2, 0) is 10.8 Å². The van der Waals surface area contributed by atoms with E-state index in [2.05, 4.69) is 26.0 Å². The van der Waals surface area contributed by atoms with Crippen LogP contribution in [0.5, 0.6) is 0 Å². The minimum absolute atomic E-state index is 0.136. The van der Waals surface area contributed by atoms with Gasteiger partial charge in [-0.2, -0.15) is 5.10 Å². The highest BCUT2D eigenvalue weighted by molar-refractivity contribution is 9.10. The molecule has 0 aliphatic heterocycles. The highest BCUT2D eigenvalue weighted by atomic mass is 79.9. The fourth-order valence-electron chi connectivity index (χ4n) is 3.21. The lowest BCUT2D eigenvalue weighted by atomic mass is 9.83. The van der Waals surface area contributed by atoms with Crippen molar-refractivity contribution in [3.63, 3.8) is 0 Å². The van der Waals surface area contributed by atoms with Crippen LogP contribution >= 0.6 is 15.9 Å². The number of fused-ring (bicyclic) bond motifs is 1. The second kappa shape index (κ2) is 6.25. The number of nitrogen functional groups attached to an aromatic ring is 1.